The Labute approximate surface area is 171 Å². The highest BCUT2D eigenvalue weighted by molar-refractivity contribution is 5.96. The number of benzene rings is 1. The van der Waals surface area contributed by atoms with Crippen molar-refractivity contribution in [2.24, 2.45) is 0 Å². The number of anilines is 1. The Bertz CT molecular complexity index is 887. The molecule has 1 aromatic heterocycles. The minimum Gasteiger partial charge on any atom is -0.469 e. The SMILES string of the molecule is CC[C@@H](C)N(CC(=O)Nc1cccc(C)c1C)C(=O)COC(=O)c1ccoc1C. The van der Waals surface area contributed by atoms with Crippen molar-refractivity contribution in [2.45, 2.75) is 47.1 Å². The first kappa shape index (κ1) is 22.2. The number of carbonyl (C=O) groups excluding carboxylic acids is 3. The van der Waals surface area contributed by atoms with Gasteiger partial charge in [0.05, 0.1) is 6.26 Å². The van der Waals surface area contributed by atoms with Crippen LogP contribution in [0.3, 0.4) is 0 Å². The summed E-state index contributed by atoms with van der Waals surface area (Å²) in [5.41, 5.74) is 3.04. The van der Waals surface area contributed by atoms with Gasteiger partial charge in [-0.25, -0.2) is 4.79 Å². The molecule has 1 N–H and O–H groups in total. The first-order valence-corrected chi connectivity index (χ1v) is 9.61. The molecule has 0 aliphatic carbocycles. The van der Waals surface area contributed by atoms with Crippen LogP contribution in [0.1, 0.15) is 47.5 Å². The Morgan fingerprint density at radius 2 is 1.90 bits per heavy atom. The lowest BCUT2D eigenvalue weighted by Gasteiger charge is -2.28. The first-order valence-electron chi connectivity index (χ1n) is 9.61. The van der Waals surface area contributed by atoms with Gasteiger partial charge in [0, 0.05) is 11.7 Å². The van der Waals surface area contributed by atoms with Gasteiger partial charge in [0.25, 0.3) is 5.91 Å². The van der Waals surface area contributed by atoms with Crippen molar-refractivity contribution in [3.63, 3.8) is 0 Å². The Hall–Kier alpha value is -3.09. The summed E-state index contributed by atoms with van der Waals surface area (Å²) in [4.78, 5) is 38.7. The van der Waals surface area contributed by atoms with Gasteiger partial charge < -0.3 is 19.4 Å². The number of furan rings is 1. The summed E-state index contributed by atoms with van der Waals surface area (Å²) in [6.45, 7) is 8.75. The van der Waals surface area contributed by atoms with Crippen molar-refractivity contribution in [1.82, 2.24) is 4.90 Å². The molecule has 29 heavy (non-hydrogen) atoms. The third-order valence-electron chi connectivity index (χ3n) is 5.04. The van der Waals surface area contributed by atoms with E-state index in [0.29, 0.717) is 17.9 Å². The van der Waals surface area contributed by atoms with Crippen LogP contribution < -0.4 is 5.32 Å². The number of rotatable bonds is 8. The summed E-state index contributed by atoms with van der Waals surface area (Å²) in [5, 5.41) is 2.86. The lowest BCUT2D eigenvalue weighted by Crippen LogP contribution is -2.45. The van der Waals surface area contributed by atoms with Crippen LogP contribution in [0.15, 0.2) is 34.9 Å². The van der Waals surface area contributed by atoms with Crippen molar-refractivity contribution < 1.29 is 23.5 Å². The van der Waals surface area contributed by atoms with Gasteiger partial charge in [0.2, 0.25) is 5.91 Å². The smallest absolute Gasteiger partial charge is 0.342 e. The molecule has 0 aliphatic rings. The van der Waals surface area contributed by atoms with E-state index in [9.17, 15) is 14.4 Å². The molecule has 0 unspecified atom stereocenters. The molecule has 2 rings (SSSR count). The highest BCUT2D eigenvalue weighted by Crippen LogP contribution is 2.18. The molecular formula is C22H28N2O5. The van der Waals surface area contributed by atoms with E-state index in [0.717, 1.165) is 11.1 Å². The van der Waals surface area contributed by atoms with Crippen LogP contribution in [0.25, 0.3) is 0 Å². The predicted molar refractivity (Wildman–Crippen MR) is 110 cm³/mol. The topological polar surface area (TPSA) is 88.9 Å². The molecule has 1 aromatic carbocycles. The van der Waals surface area contributed by atoms with E-state index >= 15 is 0 Å². The number of nitrogens with zero attached hydrogens (tertiary/aromatic N) is 1. The summed E-state index contributed by atoms with van der Waals surface area (Å²) < 4.78 is 10.2. The maximum Gasteiger partial charge on any atom is 0.342 e. The third kappa shape index (κ3) is 5.70. The molecular weight excluding hydrogens is 372 g/mol. The van der Waals surface area contributed by atoms with Gasteiger partial charge in [-0.3, -0.25) is 9.59 Å². The molecule has 0 saturated carbocycles. The third-order valence-corrected chi connectivity index (χ3v) is 5.04. The number of amides is 2. The molecule has 0 radical (unpaired) electrons. The van der Waals surface area contributed by atoms with Crippen molar-refractivity contribution in [3.05, 3.63) is 53.0 Å². The van der Waals surface area contributed by atoms with Crippen molar-refractivity contribution in [3.8, 4) is 0 Å². The Morgan fingerprint density at radius 3 is 2.52 bits per heavy atom. The molecule has 7 nitrogen and oxygen atoms in total. The maximum absolute atomic E-state index is 12.7. The van der Waals surface area contributed by atoms with Crippen LogP contribution in [-0.2, 0) is 14.3 Å². The van der Waals surface area contributed by atoms with Crippen LogP contribution >= 0.6 is 0 Å². The Kier molecular flexibility index (Phi) is 7.59. The first-order chi connectivity index (χ1) is 13.7. The number of nitrogens with one attached hydrogen (secondary N) is 1. The van der Waals surface area contributed by atoms with E-state index in [2.05, 4.69) is 5.32 Å². The molecule has 2 aromatic rings. The van der Waals surface area contributed by atoms with Crippen molar-refractivity contribution >= 4 is 23.5 Å². The van der Waals surface area contributed by atoms with Gasteiger partial charge in [-0.2, -0.15) is 0 Å². The monoisotopic (exact) mass is 400 g/mol. The van der Waals surface area contributed by atoms with Crippen molar-refractivity contribution in [2.75, 3.05) is 18.5 Å². The number of hydrogen-bond acceptors (Lipinski definition) is 5. The summed E-state index contributed by atoms with van der Waals surface area (Å²) in [6, 6.07) is 6.97. The quantitative estimate of drug-likeness (QED) is 0.684. The lowest BCUT2D eigenvalue weighted by molar-refractivity contribution is -0.139. The predicted octanol–water partition coefficient (Wildman–Crippen LogP) is 3.63. The maximum atomic E-state index is 12.7. The van der Waals surface area contributed by atoms with E-state index in [-0.39, 0.29) is 24.1 Å². The van der Waals surface area contributed by atoms with E-state index in [4.69, 9.17) is 9.15 Å². The molecule has 156 valence electrons. The molecule has 0 spiro atoms. The molecule has 0 aliphatic heterocycles. The molecule has 1 heterocycles. The summed E-state index contributed by atoms with van der Waals surface area (Å²) in [5.74, 6) is -0.933. The van der Waals surface area contributed by atoms with Crippen LogP contribution in [0, 0.1) is 20.8 Å². The largest absolute Gasteiger partial charge is 0.469 e. The normalized spacial score (nSPS) is 11.6. The summed E-state index contributed by atoms with van der Waals surface area (Å²) in [6.07, 6.45) is 2.05. The second-order valence-corrected chi connectivity index (χ2v) is 7.04. The van der Waals surface area contributed by atoms with Crippen molar-refractivity contribution in [1.29, 1.82) is 0 Å². The zero-order chi connectivity index (χ0) is 21.6. The van der Waals surface area contributed by atoms with Gasteiger partial charge in [0.1, 0.15) is 17.9 Å². The number of esters is 1. The molecule has 0 fully saturated rings. The van der Waals surface area contributed by atoms with Gasteiger partial charge in [-0.05, 0) is 57.4 Å². The van der Waals surface area contributed by atoms with E-state index in [1.807, 2.05) is 45.9 Å². The fourth-order valence-corrected chi connectivity index (χ4v) is 2.83. The fourth-order valence-electron chi connectivity index (χ4n) is 2.83. The Morgan fingerprint density at radius 1 is 1.17 bits per heavy atom. The highest BCUT2D eigenvalue weighted by Gasteiger charge is 2.24. The molecule has 1 atom stereocenters. The number of carbonyl (C=O) groups is 3. The average Bonchev–Trinajstić information content (AvgIpc) is 3.13. The molecule has 0 saturated heterocycles. The van der Waals surface area contributed by atoms with Crippen LogP contribution in [0.5, 0.6) is 0 Å². The van der Waals surface area contributed by atoms with Gasteiger partial charge >= 0.3 is 5.97 Å². The van der Waals surface area contributed by atoms with E-state index in [1.54, 1.807) is 6.92 Å². The number of aryl methyl sites for hydroxylation is 2. The second-order valence-electron chi connectivity index (χ2n) is 7.04. The van der Waals surface area contributed by atoms with E-state index in [1.165, 1.54) is 17.2 Å². The number of ether oxygens (including phenoxy) is 1. The Balaban J connectivity index is 2.01. The lowest BCUT2D eigenvalue weighted by atomic mass is 10.1. The molecule has 2 amide bonds. The standard InChI is InChI=1S/C22H28N2O5/c1-6-15(3)24(12-20(25)23-19-9-7-8-14(2)16(19)4)21(26)13-29-22(27)18-10-11-28-17(18)5/h7-11,15H,6,12-13H2,1-5H3,(H,23,25)/t15-/m1/s1. The number of hydrogen-bond donors (Lipinski definition) is 1. The molecule has 0 bridgehead atoms. The molecule has 7 heteroatoms. The van der Waals surface area contributed by atoms with Gasteiger partial charge in [0.15, 0.2) is 6.61 Å². The minimum atomic E-state index is -0.631. The minimum absolute atomic E-state index is 0.122. The van der Waals surface area contributed by atoms with Crippen LogP contribution in [0.4, 0.5) is 5.69 Å². The average molecular weight is 400 g/mol. The summed E-state index contributed by atoms with van der Waals surface area (Å²) >= 11 is 0. The second kappa shape index (κ2) is 9.91. The zero-order valence-corrected chi connectivity index (χ0v) is 17.6. The fraction of sp³-hybridized carbons (Fsp3) is 0.409. The van der Waals surface area contributed by atoms with Crippen LogP contribution in [-0.4, -0.2) is 41.9 Å². The van der Waals surface area contributed by atoms with Gasteiger partial charge in [-0.1, -0.05) is 19.1 Å². The zero-order valence-electron chi connectivity index (χ0n) is 17.6. The summed E-state index contributed by atoms with van der Waals surface area (Å²) in [7, 11) is 0. The van der Waals surface area contributed by atoms with Gasteiger partial charge in [-0.15, -0.1) is 0 Å². The van der Waals surface area contributed by atoms with E-state index < -0.39 is 18.5 Å². The van der Waals surface area contributed by atoms with Crippen LogP contribution in [0.2, 0.25) is 0 Å². The highest BCUT2D eigenvalue weighted by atomic mass is 16.5.